The van der Waals surface area contributed by atoms with Crippen molar-refractivity contribution in [2.45, 2.75) is 26.4 Å². The number of rotatable bonds is 4. The molecule has 2 heterocycles. The van der Waals surface area contributed by atoms with Crippen LogP contribution in [0.1, 0.15) is 19.4 Å². The van der Waals surface area contributed by atoms with Crippen molar-refractivity contribution in [3.63, 3.8) is 0 Å². The van der Waals surface area contributed by atoms with Crippen molar-refractivity contribution in [2.24, 2.45) is 0 Å². The number of nitrogens with one attached hydrogen (secondary N) is 2. The summed E-state index contributed by atoms with van der Waals surface area (Å²) in [4.78, 5) is 18.2. The molecule has 0 saturated carbocycles. The molecule has 0 amide bonds. The molecule has 0 atom stereocenters. The maximum atomic E-state index is 14.5. The lowest BCUT2D eigenvalue weighted by Crippen LogP contribution is -2.21. The molecule has 0 aliphatic rings. The summed E-state index contributed by atoms with van der Waals surface area (Å²) in [5.41, 5.74) is 2.34. The number of pyridine rings is 2. The Hall–Kier alpha value is -2.53. The largest absolute Gasteiger partial charge is 0.310 e. The van der Waals surface area contributed by atoms with Crippen molar-refractivity contribution < 1.29 is 4.39 Å². The van der Waals surface area contributed by atoms with Gasteiger partial charge in [-0.15, -0.1) is 0 Å². The van der Waals surface area contributed by atoms with E-state index in [1.54, 1.807) is 30.5 Å². The van der Waals surface area contributed by atoms with E-state index in [9.17, 15) is 9.18 Å². The van der Waals surface area contributed by atoms with Gasteiger partial charge in [0, 0.05) is 35.8 Å². The lowest BCUT2D eigenvalue weighted by molar-refractivity contribution is 0.582. The minimum atomic E-state index is -0.285. The summed E-state index contributed by atoms with van der Waals surface area (Å²) in [5.74, 6) is -0.285. The van der Waals surface area contributed by atoms with Gasteiger partial charge in [0.1, 0.15) is 11.5 Å². The highest BCUT2D eigenvalue weighted by atomic mass is 19.1. The molecule has 2 aromatic heterocycles. The van der Waals surface area contributed by atoms with E-state index in [4.69, 9.17) is 0 Å². The molecule has 0 aliphatic heterocycles. The Morgan fingerprint density at radius 2 is 2.00 bits per heavy atom. The van der Waals surface area contributed by atoms with E-state index in [-0.39, 0.29) is 11.4 Å². The van der Waals surface area contributed by atoms with Crippen molar-refractivity contribution >= 4 is 11.0 Å². The summed E-state index contributed by atoms with van der Waals surface area (Å²) in [6.45, 7) is 4.72. The zero-order chi connectivity index (χ0) is 16.4. The topological polar surface area (TPSA) is 57.8 Å². The van der Waals surface area contributed by atoms with E-state index in [0.29, 0.717) is 29.4 Å². The molecule has 118 valence electrons. The molecule has 23 heavy (non-hydrogen) atoms. The molecular formula is C18H18FN3O. The van der Waals surface area contributed by atoms with Gasteiger partial charge in [-0.2, -0.15) is 0 Å². The van der Waals surface area contributed by atoms with Gasteiger partial charge in [0.05, 0.1) is 0 Å². The van der Waals surface area contributed by atoms with Crippen LogP contribution in [0.5, 0.6) is 0 Å². The second kappa shape index (κ2) is 6.30. The van der Waals surface area contributed by atoms with Crippen LogP contribution in [0.2, 0.25) is 0 Å². The van der Waals surface area contributed by atoms with Crippen molar-refractivity contribution in [3.8, 4) is 11.1 Å². The molecule has 0 saturated heterocycles. The monoisotopic (exact) mass is 311 g/mol. The third-order valence-corrected chi connectivity index (χ3v) is 3.67. The SMILES string of the molecule is CC(C)NCc1ccc(-c2ccnc3[nH]c(=O)ccc23)c(F)c1. The third-order valence-electron chi connectivity index (χ3n) is 3.67. The lowest BCUT2D eigenvalue weighted by atomic mass is 10.0. The second-order valence-corrected chi connectivity index (χ2v) is 5.79. The van der Waals surface area contributed by atoms with Gasteiger partial charge in [-0.1, -0.05) is 26.0 Å². The number of benzene rings is 1. The Labute approximate surface area is 133 Å². The van der Waals surface area contributed by atoms with E-state index in [1.807, 2.05) is 6.07 Å². The summed E-state index contributed by atoms with van der Waals surface area (Å²) >= 11 is 0. The van der Waals surface area contributed by atoms with E-state index in [1.165, 1.54) is 6.07 Å². The average Bonchev–Trinajstić information content (AvgIpc) is 2.52. The van der Waals surface area contributed by atoms with Crippen LogP contribution in [0.25, 0.3) is 22.2 Å². The van der Waals surface area contributed by atoms with Crippen LogP contribution in [-0.4, -0.2) is 16.0 Å². The normalized spacial score (nSPS) is 11.3. The Morgan fingerprint density at radius 1 is 1.17 bits per heavy atom. The first kappa shape index (κ1) is 15.4. The summed E-state index contributed by atoms with van der Waals surface area (Å²) < 4.78 is 14.5. The number of hydrogen-bond donors (Lipinski definition) is 2. The van der Waals surface area contributed by atoms with Crippen molar-refractivity contribution in [3.05, 3.63) is 64.3 Å². The highest BCUT2D eigenvalue weighted by Crippen LogP contribution is 2.28. The molecule has 0 bridgehead atoms. The van der Waals surface area contributed by atoms with Gasteiger partial charge in [0.25, 0.3) is 0 Å². The van der Waals surface area contributed by atoms with Crippen molar-refractivity contribution in [1.82, 2.24) is 15.3 Å². The number of aromatic amines is 1. The van der Waals surface area contributed by atoms with Crippen LogP contribution in [0.15, 0.2) is 47.4 Å². The maximum Gasteiger partial charge on any atom is 0.249 e. The van der Waals surface area contributed by atoms with Gasteiger partial charge in [0.2, 0.25) is 5.56 Å². The number of fused-ring (bicyclic) bond motifs is 1. The summed E-state index contributed by atoms with van der Waals surface area (Å²) in [7, 11) is 0. The molecular weight excluding hydrogens is 293 g/mol. The van der Waals surface area contributed by atoms with Crippen LogP contribution in [-0.2, 0) is 6.54 Å². The highest BCUT2D eigenvalue weighted by Gasteiger charge is 2.10. The summed E-state index contributed by atoms with van der Waals surface area (Å²) in [6.07, 6.45) is 1.57. The maximum absolute atomic E-state index is 14.5. The van der Waals surface area contributed by atoms with Gasteiger partial charge in [-0.3, -0.25) is 4.79 Å². The molecule has 2 N–H and O–H groups in total. The van der Waals surface area contributed by atoms with E-state index in [2.05, 4.69) is 29.1 Å². The molecule has 3 aromatic rings. The fourth-order valence-electron chi connectivity index (χ4n) is 2.50. The first-order valence-corrected chi connectivity index (χ1v) is 7.55. The number of nitrogens with zero attached hydrogens (tertiary/aromatic N) is 1. The number of halogens is 1. The number of H-pyrrole nitrogens is 1. The molecule has 5 heteroatoms. The zero-order valence-corrected chi connectivity index (χ0v) is 13.1. The minimum Gasteiger partial charge on any atom is -0.310 e. The fraction of sp³-hybridized carbons (Fsp3) is 0.222. The molecule has 0 aliphatic carbocycles. The average molecular weight is 311 g/mol. The van der Waals surface area contributed by atoms with Crippen molar-refractivity contribution in [2.75, 3.05) is 0 Å². The first-order valence-electron chi connectivity index (χ1n) is 7.55. The quantitative estimate of drug-likeness (QED) is 0.778. The Bertz CT molecular complexity index is 902. The van der Waals surface area contributed by atoms with Gasteiger partial charge in [-0.05, 0) is 29.3 Å². The summed E-state index contributed by atoms with van der Waals surface area (Å²) in [5, 5.41) is 3.99. The van der Waals surface area contributed by atoms with Gasteiger partial charge < -0.3 is 10.3 Å². The highest BCUT2D eigenvalue weighted by molar-refractivity contribution is 5.92. The van der Waals surface area contributed by atoms with Crippen LogP contribution in [0, 0.1) is 5.82 Å². The van der Waals surface area contributed by atoms with Crippen LogP contribution < -0.4 is 10.9 Å². The Morgan fingerprint density at radius 3 is 2.74 bits per heavy atom. The van der Waals surface area contributed by atoms with E-state index in [0.717, 1.165) is 10.9 Å². The van der Waals surface area contributed by atoms with Gasteiger partial charge in [-0.25, -0.2) is 9.37 Å². The van der Waals surface area contributed by atoms with Gasteiger partial charge >= 0.3 is 0 Å². The molecule has 0 spiro atoms. The second-order valence-electron chi connectivity index (χ2n) is 5.79. The smallest absolute Gasteiger partial charge is 0.249 e. The van der Waals surface area contributed by atoms with Crippen LogP contribution >= 0.6 is 0 Å². The molecule has 1 aromatic carbocycles. The van der Waals surface area contributed by atoms with Crippen LogP contribution in [0.4, 0.5) is 4.39 Å². The van der Waals surface area contributed by atoms with Gasteiger partial charge in [0.15, 0.2) is 0 Å². The van der Waals surface area contributed by atoms with Crippen LogP contribution in [0.3, 0.4) is 0 Å². The van der Waals surface area contributed by atoms with Crippen molar-refractivity contribution in [1.29, 1.82) is 0 Å². The first-order chi connectivity index (χ1) is 11.0. The van der Waals surface area contributed by atoms with E-state index >= 15 is 0 Å². The predicted octanol–water partition coefficient (Wildman–Crippen LogP) is 3.23. The molecule has 4 nitrogen and oxygen atoms in total. The molecule has 0 radical (unpaired) electrons. The standard InChI is InChI=1S/C18H18FN3O/c1-11(2)21-10-12-3-4-14(16(19)9-12)13-7-8-20-18-15(13)5-6-17(23)22-18/h3-9,11,21H,10H2,1-2H3,(H,20,22,23). The molecule has 0 unspecified atom stereocenters. The summed E-state index contributed by atoms with van der Waals surface area (Å²) in [6, 6.07) is 10.4. The Balaban J connectivity index is 2.04. The fourth-order valence-corrected chi connectivity index (χ4v) is 2.50. The lowest BCUT2D eigenvalue weighted by Gasteiger charge is -2.11. The number of hydrogen-bond acceptors (Lipinski definition) is 3. The predicted molar refractivity (Wildman–Crippen MR) is 89.7 cm³/mol. The third kappa shape index (κ3) is 3.29. The minimum absolute atomic E-state index is 0.224. The Kier molecular flexibility index (Phi) is 4.21. The molecule has 0 fully saturated rings. The molecule has 3 rings (SSSR count). The van der Waals surface area contributed by atoms with E-state index < -0.39 is 0 Å². The number of aromatic nitrogens is 2. The zero-order valence-electron chi connectivity index (χ0n) is 13.1.